The van der Waals surface area contributed by atoms with Gasteiger partial charge >= 0.3 is 6.18 Å². The summed E-state index contributed by atoms with van der Waals surface area (Å²) in [7, 11) is 0. The van der Waals surface area contributed by atoms with Crippen LogP contribution in [0, 0.1) is 11.3 Å². The third-order valence-electron chi connectivity index (χ3n) is 3.98. The van der Waals surface area contributed by atoms with E-state index in [4.69, 9.17) is 5.26 Å². The first kappa shape index (κ1) is 19.7. The van der Waals surface area contributed by atoms with Gasteiger partial charge in [-0.3, -0.25) is 0 Å². The van der Waals surface area contributed by atoms with E-state index in [1.807, 2.05) is 6.07 Å². The molecule has 26 heavy (non-hydrogen) atoms. The van der Waals surface area contributed by atoms with Gasteiger partial charge in [-0.2, -0.15) is 18.4 Å². The number of nitrogens with zero attached hydrogens (tertiary/aromatic N) is 3. The zero-order chi connectivity index (χ0) is 19.0. The van der Waals surface area contributed by atoms with Crippen molar-refractivity contribution in [1.82, 2.24) is 9.97 Å². The van der Waals surface area contributed by atoms with Crippen molar-refractivity contribution < 1.29 is 13.2 Å². The highest BCUT2D eigenvalue weighted by atomic mass is 19.4. The lowest BCUT2D eigenvalue weighted by molar-refractivity contribution is -0.137. The molecule has 2 rings (SSSR count). The number of aromatic nitrogens is 2. The van der Waals surface area contributed by atoms with Crippen LogP contribution < -0.4 is 5.32 Å². The Hall–Kier alpha value is -2.62. The summed E-state index contributed by atoms with van der Waals surface area (Å²) in [4.78, 5) is 8.11. The number of rotatable bonds is 8. The van der Waals surface area contributed by atoms with Gasteiger partial charge < -0.3 is 5.32 Å². The molecule has 0 spiro atoms. The topological polar surface area (TPSA) is 61.6 Å². The molecule has 0 aliphatic carbocycles. The fourth-order valence-corrected chi connectivity index (χ4v) is 2.56. The van der Waals surface area contributed by atoms with Gasteiger partial charge in [-0.05, 0) is 24.1 Å². The van der Waals surface area contributed by atoms with E-state index < -0.39 is 11.7 Å². The Labute approximate surface area is 151 Å². The predicted molar refractivity (Wildman–Crippen MR) is 94.4 cm³/mol. The Morgan fingerprint density at radius 3 is 2.38 bits per heavy atom. The second-order valence-corrected chi connectivity index (χ2v) is 5.98. The lowest BCUT2D eigenvalue weighted by Gasteiger charge is -2.12. The third-order valence-corrected chi connectivity index (χ3v) is 3.98. The van der Waals surface area contributed by atoms with Crippen molar-refractivity contribution in [3.63, 3.8) is 0 Å². The molecule has 7 heteroatoms. The van der Waals surface area contributed by atoms with Crippen molar-refractivity contribution >= 4 is 5.82 Å². The minimum atomic E-state index is -4.38. The number of anilines is 1. The maximum atomic E-state index is 12.7. The molecule has 0 atom stereocenters. The van der Waals surface area contributed by atoms with Crippen LogP contribution in [0.15, 0.2) is 30.5 Å². The molecule has 0 amide bonds. The van der Waals surface area contributed by atoms with Crippen molar-refractivity contribution in [1.29, 1.82) is 5.26 Å². The molecule has 2 aromatic rings. The van der Waals surface area contributed by atoms with Crippen molar-refractivity contribution in [2.24, 2.45) is 0 Å². The molecular weight excluding hydrogens is 341 g/mol. The first-order chi connectivity index (χ1) is 12.5. The number of hydrogen-bond acceptors (Lipinski definition) is 4. The number of halogens is 3. The first-order valence-electron chi connectivity index (χ1n) is 8.64. The van der Waals surface area contributed by atoms with Crippen LogP contribution in [0.2, 0.25) is 0 Å². The second-order valence-electron chi connectivity index (χ2n) is 5.98. The van der Waals surface area contributed by atoms with Gasteiger partial charge in [-0.15, -0.1) is 0 Å². The standard InChI is InChI=1S/C19H21F3N4/c1-2-3-4-5-6-11-24-18-16(13-25-17(12-23)26-18)14-7-9-15(10-8-14)19(20,21)22/h7-10,13H,2-6,11H2,1H3,(H,24,25,26). The van der Waals surface area contributed by atoms with E-state index in [0.29, 0.717) is 23.5 Å². The van der Waals surface area contributed by atoms with Crippen molar-refractivity contribution in [2.45, 2.75) is 45.2 Å². The molecule has 0 bridgehead atoms. The van der Waals surface area contributed by atoms with Crippen LogP contribution in [0.3, 0.4) is 0 Å². The van der Waals surface area contributed by atoms with Gasteiger partial charge in [-0.25, -0.2) is 9.97 Å². The van der Waals surface area contributed by atoms with Crippen molar-refractivity contribution in [3.05, 3.63) is 41.9 Å². The molecule has 0 radical (unpaired) electrons. The summed E-state index contributed by atoms with van der Waals surface area (Å²) in [5, 5.41) is 12.2. The Bertz CT molecular complexity index is 749. The molecule has 1 aromatic carbocycles. The number of benzene rings is 1. The Morgan fingerprint density at radius 1 is 1.08 bits per heavy atom. The maximum Gasteiger partial charge on any atom is 0.416 e. The fraction of sp³-hybridized carbons (Fsp3) is 0.421. The van der Waals surface area contributed by atoms with E-state index in [2.05, 4.69) is 22.2 Å². The number of nitriles is 1. The average molecular weight is 362 g/mol. The molecule has 138 valence electrons. The molecule has 1 heterocycles. The van der Waals surface area contributed by atoms with E-state index in [9.17, 15) is 13.2 Å². The smallest absolute Gasteiger partial charge is 0.369 e. The molecule has 4 nitrogen and oxygen atoms in total. The average Bonchev–Trinajstić information content (AvgIpc) is 2.64. The molecule has 0 saturated heterocycles. The zero-order valence-corrected chi connectivity index (χ0v) is 14.6. The Balaban J connectivity index is 2.16. The van der Waals surface area contributed by atoms with Gasteiger partial charge in [0.2, 0.25) is 5.82 Å². The van der Waals surface area contributed by atoms with Gasteiger partial charge in [0.05, 0.1) is 5.56 Å². The Morgan fingerprint density at radius 2 is 1.77 bits per heavy atom. The summed E-state index contributed by atoms with van der Waals surface area (Å²) in [5.41, 5.74) is 0.434. The van der Waals surface area contributed by atoms with Crippen LogP contribution in [0.4, 0.5) is 19.0 Å². The SMILES string of the molecule is CCCCCCCNc1nc(C#N)ncc1-c1ccc(C(F)(F)F)cc1. The van der Waals surface area contributed by atoms with Gasteiger partial charge in [0.15, 0.2) is 0 Å². The van der Waals surface area contributed by atoms with Crippen molar-refractivity contribution in [3.8, 4) is 17.2 Å². The zero-order valence-electron chi connectivity index (χ0n) is 14.6. The van der Waals surface area contributed by atoms with E-state index >= 15 is 0 Å². The van der Waals surface area contributed by atoms with Gasteiger partial charge in [-0.1, -0.05) is 44.7 Å². The first-order valence-corrected chi connectivity index (χ1v) is 8.64. The highest BCUT2D eigenvalue weighted by Crippen LogP contribution is 2.32. The molecule has 0 aliphatic rings. The maximum absolute atomic E-state index is 12.7. The van der Waals surface area contributed by atoms with Crippen LogP contribution in [0.25, 0.3) is 11.1 Å². The summed E-state index contributed by atoms with van der Waals surface area (Å²) in [6.45, 7) is 2.83. The molecule has 1 aromatic heterocycles. The number of hydrogen-bond donors (Lipinski definition) is 1. The van der Waals surface area contributed by atoms with Crippen LogP contribution in [-0.4, -0.2) is 16.5 Å². The highest BCUT2D eigenvalue weighted by molar-refractivity contribution is 5.74. The van der Waals surface area contributed by atoms with E-state index in [1.54, 1.807) is 0 Å². The lowest BCUT2D eigenvalue weighted by Crippen LogP contribution is -2.07. The summed E-state index contributed by atoms with van der Waals surface area (Å²) in [5.74, 6) is 0.487. The summed E-state index contributed by atoms with van der Waals surface area (Å²) >= 11 is 0. The predicted octanol–water partition coefficient (Wildman–Crippen LogP) is 5.42. The molecule has 0 aliphatic heterocycles. The minimum absolute atomic E-state index is 0.0224. The molecule has 1 N–H and O–H groups in total. The summed E-state index contributed by atoms with van der Waals surface area (Å²) in [6.07, 6.45) is 2.67. The summed E-state index contributed by atoms with van der Waals surface area (Å²) in [6, 6.07) is 6.72. The molecule has 0 saturated carbocycles. The third kappa shape index (κ3) is 5.45. The van der Waals surface area contributed by atoms with E-state index in [-0.39, 0.29) is 5.82 Å². The number of nitrogens with one attached hydrogen (secondary N) is 1. The van der Waals surface area contributed by atoms with Gasteiger partial charge in [0.1, 0.15) is 11.9 Å². The Kier molecular flexibility index (Phi) is 6.96. The number of alkyl halides is 3. The van der Waals surface area contributed by atoms with Crippen LogP contribution in [0.1, 0.15) is 50.4 Å². The quantitative estimate of drug-likeness (QED) is 0.637. The van der Waals surface area contributed by atoms with Crippen LogP contribution >= 0.6 is 0 Å². The van der Waals surface area contributed by atoms with Crippen LogP contribution in [0.5, 0.6) is 0 Å². The second kappa shape index (κ2) is 9.18. The summed E-state index contributed by atoms with van der Waals surface area (Å²) < 4.78 is 38.2. The van der Waals surface area contributed by atoms with Gasteiger partial charge in [0, 0.05) is 18.3 Å². The highest BCUT2D eigenvalue weighted by Gasteiger charge is 2.30. The minimum Gasteiger partial charge on any atom is -0.369 e. The van der Waals surface area contributed by atoms with Crippen molar-refractivity contribution in [2.75, 3.05) is 11.9 Å². The lowest BCUT2D eigenvalue weighted by atomic mass is 10.1. The number of unbranched alkanes of at least 4 members (excludes halogenated alkanes) is 4. The largest absolute Gasteiger partial charge is 0.416 e. The molecule has 0 fully saturated rings. The monoisotopic (exact) mass is 362 g/mol. The van der Waals surface area contributed by atoms with E-state index in [1.165, 1.54) is 31.2 Å². The normalized spacial score (nSPS) is 11.2. The van der Waals surface area contributed by atoms with Gasteiger partial charge in [0.25, 0.3) is 0 Å². The fourth-order valence-electron chi connectivity index (χ4n) is 2.56. The van der Waals surface area contributed by atoms with Crippen LogP contribution in [-0.2, 0) is 6.18 Å². The molecule has 0 unspecified atom stereocenters. The molecular formula is C19H21F3N4. The van der Waals surface area contributed by atoms with E-state index in [0.717, 1.165) is 31.4 Å².